The molecule has 30 heavy (non-hydrogen) atoms. The van der Waals surface area contributed by atoms with Gasteiger partial charge in [-0.1, -0.05) is 31.2 Å². The van der Waals surface area contributed by atoms with E-state index in [0.717, 1.165) is 17.5 Å². The number of urea groups is 1. The Balaban J connectivity index is 1.89. The van der Waals surface area contributed by atoms with Gasteiger partial charge in [0.25, 0.3) is 11.8 Å². The number of aromatic nitrogens is 2. The summed E-state index contributed by atoms with van der Waals surface area (Å²) in [5.74, 6) is -0.896. The second-order valence-electron chi connectivity index (χ2n) is 6.57. The van der Waals surface area contributed by atoms with E-state index in [1.165, 1.54) is 10.9 Å². The Hall–Kier alpha value is -4.14. The van der Waals surface area contributed by atoms with Gasteiger partial charge in [0.2, 0.25) is 0 Å². The number of nitrogens with one attached hydrogen (secondary N) is 2. The number of amides is 4. The highest BCUT2D eigenvalue weighted by molar-refractivity contribution is 6.00. The summed E-state index contributed by atoms with van der Waals surface area (Å²) in [4.78, 5) is 34.8. The summed E-state index contributed by atoms with van der Waals surface area (Å²) in [7, 11) is 0. The molecule has 0 unspecified atom stereocenters. The number of carbonyl (C=O) groups excluding carboxylic acids is 3. The van der Waals surface area contributed by atoms with Crippen LogP contribution in [0.1, 0.15) is 34.2 Å². The molecular weight excluding hydrogens is 384 g/mol. The van der Waals surface area contributed by atoms with Crippen LogP contribution >= 0.6 is 0 Å². The van der Waals surface area contributed by atoms with Gasteiger partial charge in [-0.2, -0.15) is 5.10 Å². The molecule has 0 saturated carbocycles. The molecule has 1 heterocycles. The molecule has 0 bridgehead atoms. The number of hydrogen-bond donors (Lipinski definition) is 4. The van der Waals surface area contributed by atoms with E-state index in [9.17, 15) is 14.4 Å². The zero-order valence-electron chi connectivity index (χ0n) is 16.4. The molecule has 9 nitrogen and oxygen atoms in total. The molecule has 0 atom stereocenters. The van der Waals surface area contributed by atoms with Gasteiger partial charge >= 0.3 is 6.03 Å². The lowest BCUT2D eigenvalue weighted by atomic mass is 10.0. The quantitative estimate of drug-likeness (QED) is 0.477. The summed E-state index contributed by atoms with van der Waals surface area (Å²) in [6.45, 7) is 2.63. The van der Waals surface area contributed by atoms with Crippen LogP contribution in [-0.4, -0.2) is 34.2 Å². The van der Waals surface area contributed by atoms with Gasteiger partial charge < -0.3 is 22.1 Å². The maximum absolute atomic E-state index is 12.1. The van der Waals surface area contributed by atoms with Crippen LogP contribution in [0, 0.1) is 0 Å². The summed E-state index contributed by atoms with van der Waals surface area (Å²) in [6, 6.07) is 13.8. The second kappa shape index (κ2) is 8.91. The Bertz CT molecular complexity index is 1090. The van der Waals surface area contributed by atoms with Crippen LogP contribution < -0.4 is 22.1 Å². The van der Waals surface area contributed by atoms with Crippen molar-refractivity contribution in [1.29, 1.82) is 0 Å². The molecule has 6 N–H and O–H groups in total. The molecule has 154 valence electrons. The predicted molar refractivity (Wildman–Crippen MR) is 113 cm³/mol. The van der Waals surface area contributed by atoms with Crippen molar-refractivity contribution in [2.45, 2.75) is 13.3 Å². The number of hydrogen-bond acceptors (Lipinski definition) is 4. The summed E-state index contributed by atoms with van der Waals surface area (Å²) in [5.41, 5.74) is 13.5. The van der Waals surface area contributed by atoms with Gasteiger partial charge in [0.15, 0.2) is 5.69 Å². The fraction of sp³-hybridized carbons (Fsp3) is 0.143. The third kappa shape index (κ3) is 4.64. The van der Waals surface area contributed by atoms with Crippen LogP contribution in [0.3, 0.4) is 0 Å². The van der Waals surface area contributed by atoms with E-state index in [2.05, 4.69) is 15.7 Å². The first-order chi connectivity index (χ1) is 14.4. The van der Waals surface area contributed by atoms with Crippen LogP contribution in [0.15, 0.2) is 54.7 Å². The number of anilines is 1. The number of nitrogens with two attached hydrogens (primary N) is 2. The van der Waals surface area contributed by atoms with Crippen molar-refractivity contribution in [2.24, 2.45) is 11.5 Å². The normalized spacial score (nSPS) is 10.4. The molecule has 0 aliphatic carbocycles. The molecule has 0 saturated heterocycles. The van der Waals surface area contributed by atoms with E-state index >= 15 is 0 Å². The zero-order chi connectivity index (χ0) is 21.7. The Morgan fingerprint density at radius 3 is 2.40 bits per heavy atom. The van der Waals surface area contributed by atoms with E-state index in [1.54, 1.807) is 18.2 Å². The third-order valence-electron chi connectivity index (χ3n) is 4.33. The smallest absolute Gasteiger partial charge is 0.316 e. The van der Waals surface area contributed by atoms with Crippen LogP contribution in [0.25, 0.3) is 16.8 Å². The molecule has 0 fully saturated rings. The molecule has 1 aromatic heterocycles. The minimum absolute atomic E-state index is 0.0957. The first kappa shape index (κ1) is 20.6. The molecular formula is C21H22N6O3. The van der Waals surface area contributed by atoms with Crippen LogP contribution in [0.5, 0.6) is 0 Å². The Kier molecular flexibility index (Phi) is 6.11. The van der Waals surface area contributed by atoms with Crippen molar-refractivity contribution >= 4 is 23.5 Å². The van der Waals surface area contributed by atoms with Gasteiger partial charge in [0, 0.05) is 12.1 Å². The lowest BCUT2D eigenvalue weighted by molar-refractivity contribution is 0.0952. The van der Waals surface area contributed by atoms with Crippen molar-refractivity contribution in [3.05, 3.63) is 66.0 Å². The maximum Gasteiger partial charge on any atom is 0.316 e. The topological polar surface area (TPSA) is 145 Å². The molecule has 0 spiro atoms. The third-order valence-corrected chi connectivity index (χ3v) is 4.33. The fourth-order valence-corrected chi connectivity index (χ4v) is 2.90. The fourth-order valence-electron chi connectivity index (χ4n) is 2.90. The lowest BCUT2D eigenvalue weighted by Gasteiger charge is -2.08. The molecule has 4 amide bonds. The monoisotopic (exact) mass is 406 g/mol. The standard InChI is InChI=1S/C21H22N6O3/c1-2-10-24-20(29)14-8-6-13(7-9-14)15-4-3-5-16(11-15)27-12-17(25-21(23)30)18(26-27)19(22)28/h3-9,11-12H,2,10H2,1H3,(H2,22,28)(H,24,29)(H3,23,25,30). The van der Waals surface area contributed by atoms with Gasteiger partial charge in [-0.05, 0) is 41.8 Å². The molecule has 0 aliphatic heterocycles. The van der Waals surface area contributed by atoms with Crippen molar-refractivity contribution < 1.29 is 14.4 Å². The summed E-state index contributed by atoms with van der Waals surface area (Å²) < 4.78 is 1.43. The second-order valence-corrected chi connectivity index (χ2v) is 6.57. The summed E-state index contributed by atoms with van der Waals surface area (Å²) in [5, 5.41) is 9.33. The van der Waals surface area contributed by atoms with Crippen LogP contribution in [-0.2, 0) is 0 Å². The van der Waals surface area contributed by atoms with Gasteiger partial charge in [0.1, 0.15) is 0 Å². The van der Waals surface area contributed by atoms with E-state index < -0.39 is 11.9 Å². The average Bonchev–Trinajstić information content (AvgIpc) is 3.15. The number of carbonyl (C=O) groups is 3. The van der Waals surface area contributed by atoms with Crippen LogP contribution in [0.4, 0.5) is 10.5 Å². The zero-order valence-corrected chi connectivity index (χ0v) is 16.4. The van der Waals surface area contributed by atoms with Gasteiger partial charge in [-0.15, -0.1) is 0 Å². The van der Waals surface area contributed by atoms with Crippen molar-refractivity contribution in [1.82, 2.24) is 15.1 Å². The highest BCUT2D eigenvalue weighted by atomic mass is 16.2. The summed E-state index contributed by atoms with van der Waals surface area (Å²) >= 11 is 0. The Morgan fingerprint density at radius 1 is 1.03 bits per heavy atom. The first-order valence-corrected chi connectivity index (χ1v) is 9.34. The Morgan fingerprint density at radius 2 is 1.77 bits per heavy atom. The van der Waals surface area contributed by atoms with E-state index in [-0.39, 0.29) is 17.3 Å². The minimum Gasteiger partial charge on any atom is -0.364 e. The minimum atomic E-state index is -0.825. The van der Waals surface area contributed by atoms with Crippen molar-refractivity contribution in [3.63, 3.8) is 0 Å². The lowest BCUT2D eigenvalue weighted by Crippen LogP contribution is -2.23. The van der Waals surface area contributed by atoms with E-state index in [0.29, 0.717) is 17.8 Å². The number of nitrogens with zero attached hydrogens (tertiary/aromatic N) is 2. The average molecular weight is 406 g/mol. The van der Waals surface area contributed by atoms with Crippen LogP contribution in [0.2, 0.25) is 0 Å². The Labute approximate surface area is 173 Å². The largest absolute Gasteiger partial charge is 0.364 e. The molecule has 0 aliphatic rings. The number of primary amides is 2. The van der Waals surface area contributed by atoms with Crippen molar-refractivity contribution in [2.75, 3.05) is 11.9 Å². The van der Waals surface area contributed by atoms with E-state index in [1.807, 2.05) is 37.3 Å². The highest BCUT2D eigenvalue weighted by Gasteiger charge is 2.16. The van der Waals surface area contributed by atoms with Crippen molar-refractivity contribution in [3.8, 4) is 16.8 Å². The molecule has 3 aromatic rings. The molecule has 9 heteroatoms. The summed E-state index contributed by atoms with van der Waals surface area (Å²) in [6.07, 6.45) is 2.34. The maximum atomic E-state index is 12.1. The number of benzene rings is 2. The molecule has 3 rings (SSSR count). The van der Waals surface area contributed by atoms with Gasteiger partial charge in [0.05, 0.1) is 17.6 Å². The highest BCUT2D eigenvalue weighted by Crippen LogP contribution is 2.24. The number of rotatable bonds is 7. The van der Waals surface area contributed by atoms with Gasteiger partial charge in [-0.3, -0.25) is 9.59 Å². The predicted octanol–water partition coefficient (Wildman–Crippen LogP) is 2.27. The first-order valence-electron chi connectivity index (χ1n) is 9.34. The molecule has 0 radical (unpaired) electrons. The van der Waals surface area contributed by atoms with Gasteiger partial charge in [-0.25, -0.2) is 9.48 Å². The SMILES string of the molecule is CCCNC(=O)c1ccc(-c2cccc(-n3cc(NC(N)=O)c(C(N)=O)n3)c2)cc1. The van der Waals surface area contributed by atoms with E-state index in [4.69, 9.17) is 11.5 Å². The molecule has 2 aromatic carbocycles.